The molecule has 1 aromatic carbocycles. The smallest absolute Gasteiger partial charge is 0.324 e. The van der Waals surface area contributed by atoms with Gasteiger partial charge in [0.2, 0.25) is 0 Å². The molecule has 0 aromatic heterocycles. The number of nitro benzene ring substituents is 1. The number of nitro groups is 1. The van der Waals surface area contributed by atoms with Crippen molar-refractivity contribution in [1.82, 2.24) is 0 Å². The summed E-state index contributed by atoms with van der Waals surface area (Å²) in [5, 5.41) is 10.0. The van der Waals surface area contributed by atoms with Crippen molar-refractivity contribution in [2.75, 3.05) is 7.11 Å². The van der Waals surface area contributed by atoms with Gasteiger partial charge in [-0.1, -0.05) is 0 Å². The predicted molar refractivity (Wildman–Crippen MR) is 62.5 cm³/mol. The standard InChI is InChI=1S/C8H5ClINO4/c1-15-6-3-4(8(9)12)2-5(10)7(6)11(13)14/h2-3H,1H3. The number of rotatable bonds is 3. The topological polar surface area (TPSA) is 69.4 Å². The number of nitrogens with zero attached hydrogens (tertiary/aromatic N) is 1. The molecule has 0 aliphatic rings. The first-order valence-corrected chi connectivity index (χ1v) is 5.14. The van der Waals surface area contributed by atoms with E-state index in [-0.39, 0.29) is 17.0 Å². The van der Waals surface area contributed by atoms with Crippen molar-refractivity contribution in [1.29, 1.82) is 0 Å². The second kappa shape index (κ2) is 4.75. The van der Waals surface area contributed by atoms with Crippen LogP contribution in [-0.2, 0) is 0 Å². The molecule has 0 saturated heterocycles. The van der Waals surface area contributed by atoms with Crippen molar-refractivity contribution >= 4 is 45.1 Å². The van der Waals surface area contributed by atoms with Crippen LogP contribution >= 0.6 is 34.2 Å². The van der Waals surface area contributed by atoms with Crippen molar-refractivity contribution in [3.63, 3.8) is 0 Å². The summed E-state index contributed by atoms with van der Waals surface area (Å²) in [5.41, 5.74) is 0.00304. The number of hydrogen-bond donors (Lipinski definition) is 0. The molecule has 0 atom stereocenters. The molecule has 0 heterocycles. The number of halogens is 2. The molecule has 0 N–H and O–H groups in total. The predicted octanol–water partition coefficient (Wildman–Crippen LogP) is 2.59. The molecule has 0 aliphatic heterocycles. The van der Waals surface area contributed by atoms with E-state index in [0.29, 0.717) is 3.57 Å². The Morgan fingerprint density at radius 3 is 2.60 bits per heavy atom. The lowest BCUT2D eigenvalue weighted by molar-refractivity contribution is -0.386. The summed E-state index contributed by atoms with van der Waals surface area (Å²) >= 11 is 7.02. The Morgan fingerprint density at radius 1 is 1.60 bits per heavy atom. The van der Waals surface area contributed by atoms with Gasteiger partial charge in [0.1, 0.15) is 0 Å². The van der Waals surface area contributed by atoms with Gasteiger partial charge < -0.3 is 4.74 Å². The highest BCUT2D eigenvalue weighted by atomic mass is 127. The van der Waals surface area contributed by atoms with Crippen molar-refractivity contribution in [2.24, 2.45) is 0 Å². The lowest BCUT2D eigenvalue weighted by Crippen LogP contribution is -1.99. The average Bonchev–Trinajstić information content (AvgIpc) is 2.15. The van der Waals surface area contributed by atoms with Gasteiger partial charge in [0.15, 0.2) is 5.75 Å². The van der Waals surface area contributed by atoms with Gasteiger partial charge >= 0.3 is 5.69 Å². The number of carbonyl (C=O) groups is 1. The third-order valence-electron chi connectivity index (χ3n) is 1.66. The minimum Gasteiger partial charge on any atom is -0.490 e. The molecule has 80 valence electrons. The van der Waals surface area contributed by atoms with E-state index < -0.39 is 10.2 Å². The summed E-state index contributed by atoms with van der Waals surface area (Å²) in [5.74, 6) is 0.0240. The van der Waals surface area contributed by atoms with Gasteiger partial charge in [-0.25, -0.2) is 0 Å². The van der Waals surface area contributed by atoms with Gasteiger partial charge in [-0.3, -0.25) is 14.9 Å². The van der Waals surface area contributed by atoms with Crippen LogP contribution in [0, 0.1) is 13.7 Å². The molecule has 5 nitrogen and oxygen atoms in total. The van der Waals surface area contributed by atoms with Gasteiger partial charge in [0.05, 0.1) is 15.6 Å². The van der Waals surface area contributed by atoms with Gasteiger partial charge in [-0.05, 0) is 46.3 Å². The first-order valence-electron chi connectivity index (χ1n) is 3.69. The van der Waals surface area contributed by atoms with Gasteiger partial charge in [0.25, 0.3) is 5.24 Å². The monoisotopic (exact) mass is 341 g/mol. The van der Waals surface area contributed by atoms with Crippen LogP contribution in [0.5, 0.6) is 5.75 Å². The summed E-state index contributed by atoms with van der Waals surface area (Å²) < 4.78 is 5.13. The van der Waals surface area contributed by atoms with Crippen LogP contribution in [0.2, 0.25) is 0 Å². The fourth-order valence-electron chi connectivity index (χ4n) is 1.02. The minimum atomic E-state index is -0.680. The molecule has 0 unspecified atom stereocenters. The van der Waals surface area contributed by atoms with Crippen LogP contribution in [0.15, 0.2) is 12.1 Å². The van der Waals surface area contributed by atoms with Crippen molar-refractivity contribution in [2.45, 2.75) is 0 Å². The molecular weight excluding hydrogens is 336 g/mol. The fourth-order valence-corrected chi connectivity index (χ4v) is 1.93. The van der Waals surface area contributed by atoms with Crippen LogP contribution in [-0.4, -0.2) is 17.3 Å². The minimum absolute atomic E-state index is 0.0240. The van der Waals surface area contributed by atoms with E-state index in [0.717, 1.165) is 0 Å². The Bertz CT molecular complexity index is 435. The van der Waals surface area contributed by atoms with E-state index in [4.69, 9.17) is 16.3 Å². The van der Waals surface area contributed by atoms with Gasteiger partial charge in [-0.15, -0.1) is 0 Å². The summed E-state index contributed by atoms with van der Waals surface area (Å²) in [6.45, 7) is 0. The Morgan fingerprint density at radius 2 is 2.20 bits per heavy atom. The normalized spacial score (nSPS) is 9.80. The highest BCUT2D eigenvalue weighted by Crippen LogP contribution is 2.33. The molecule has 0 fully saturated rings. The van der Waals surface area contributed by atoms with Crippen LogP contribution in [0.1, 0.15) is 10.4 Å². The van der Waals surface area contributed by atoms with E-state index in [9.17, 15) is 14.9 Å². The van der Waals surface area contributed by atoms with E-state index in [1.165, 1.54) is 19.2 Å². The van der Waals surface area contributed by atoms with E-state index in [2.05, 4.69) is 0 Å². The van der Waals surface area contributed by atoms with Crippen molar-refractivity contribution < 1.29 is 14.5 Å². The van der Waals surface area contributed by atoms with E-state index in [1.54, 1.807) is 22.6 Å². The highest BCUT2D eigenvalue weighted by Gasteiger charge is 2.21. The molecule has 15 heavy (non-hydrogen) atoms. The molecule has 0 amide bonds. The zero-order valence-corrected chi connectivity index (χ0v) is 10.4. The maximum Gasteiger partial charge on any atom is 0.324 e. The maximum absolute atomic E-state index is 10.9. The van der Waals surface area contributed by atoms with Gasteiger partial charge in [0, 0.05) is 5.56 Å². The number of hydrogen-bond acceptors (Lipinski definition) is 4. The number of methoxy groups -OCH3 is 1. The second-order valence-corrected chi connectivity index (χ2v) is 4.05. The van der Waals surface area contributed by atoms with Crippen LogP contribution in [0.3, 0.4) is 0 Å². The van der Waals surface area contributed by atoms with Gasteiger partial charge in [-0.2, -0.15) is 0 Å². The van der Waals surface area contributed by atoms with Crippen molar-refractivity contribution in [3.05, 3.63) is 31.4 Å². The Labute approximate surface area is 104 Å². The first-order chi connectivity index (χ1) is 6.97. The fraction of sp³-hybridized carbons (Fsp3) is 0.125. The first kappa shape index (κ1) is 12.2. The Hall–Kier alpha value is -0.890. The van der Waals surface area contributed by atoms with Crippen molar-refractivity contribution in [3.8, 4) is 5.75 Å². The molecule has 0 aliphatic carbocycles. The molecule has 1 aromatic rings. The van der Waals surface area contributed by atoms with Crippen LogP contribution < -0.4 is 4.74 Å². The summed E-state index contributed by atoms with van der Waals surface area (Å²) in [4.78, 5) is 21.0. The molecule has 0 saturated carbocycles. The van der Waals surface area contributed by atoms with E-state index >= 15 is 0 Å². The maximum atomic E-state index is 10.9. The third-order valence-corrected chi connectivity index (χ3v) is 2.70. The lowest BCUT2D eigenvalue weighted by Gasteiger charge is -2.04. The third kappa shape index (κ3) is 2.57. The summed E-state index contributed by atoms with van der Waals surface area (Å²) in [7, 11) is 1.29. The molecule has 1 rings (SSSR count). The molecule has 7 heteroatoms. The van der Waals surface area contributed by atoms with Crippen LogP contribution in [0.4, 0.5) is 5.69 Å². The number of benzene rings is 1. The lowest BCUT2D eigenvalue weighted by atomic mass is 10.2. The van der Waals surface area contributed by atoms with Crippen LogP contribution in [0.25, 0.3) is 0 Å². The molecular formula is C8H5ClINO4. The largest absolute Gasteiger partial charge is 0.490 e. The Balaban J connectivity index is 3.43. The summed E-state index contributed by atoms with van der Waals surface area (Å²) in [6, 6.07) is 2.59. The number of carbonyl (C=O) groups excluding carboxylic acids is 1. The highest BCUT2D eigenvalue weighted by molar-refractivity contribution is 14.1. The molecule has 0 bridgehead atoms. The van der Waals surface area contributed by atoms with E-state index in [1.807, 2.05) is 0 Å². The Kier molecular flexibility index (Phi) is 3.86. The average molecular weight is 341 g/mol. The molecule has 0 spiro atoms. The number of ether oxygens (including phenoxy) is 1. The zero-order valence-electron chi connectivity index (χ0n) is 7.49. The SMILES string of the molecule is COc1cc(C(=O)Cl)cc(I)c1[N+](=O)[O-]. The zero-order chi connectivity index (χ0) is 11.6. The summed E-state index contributed by atoms with van der Waals surface area (Å²) in [6.07, 6.45) is 0. The quantitative estimate of drug-likeness (QED) is 0.367. The molecule has 0 radical (unpaired) electrons. The second-order valence-electron chi connectivity index (χ2n) is 2.54.